The van der Waals surface area contributed by atoms with Gasteiger partial charge in [-0.1, -0.05) is 0 Å². The van der Waals surface area contributed by atoms with Gasteiger partial charge in [-0.05, 0) is 0 Å². The second kappa shape index (κ2) is 3.16. The van der Waals surface area contributed by atoms with E-state index in [1.165, 1.54) is 15.6 Å². The maximum atomic E-state index is 5.71. The summed E-state index contributed by atoms with van der Waals surface area (Å²) in [4.78, 5) is 0. The summed E-state index contributed by atoms with van der Waals surface area (Å²) in [6.07, 6.45) is 0. The molecule has 2 aromatic rings. The molecule has 0 bridgehead atoms. The third kappa shape index (κ3) is 1.16. The van der Waals surface area contributed by atoms with Gasteiger partial charge in [0.2, 0.25) is 0 Å². The minimum atomic E-state index is 0.130. The summed E-state index contributed by atoms with van der Waals surface area (Å²) in [6.45, 7) is 0. The average Bonchev–Trinajstić information content (AvgIpc) is 2.29. The minimum absolute atomic E-state index is 0.130. The van der Waals surface area contributed by atoms with Gasteiger partial charge in [-0.25, -0.2) is 0 Å². The van der Waals surface area contributed by atoms with Crippen molar-refractivity contribution in [1.82, 2.24) is 0 Å². The molecule has 0 aromatic heterocycles. The van der Waals surface area contributed by atoms with Gasteiger partial charge in [0, 0.05) is 0 Å². The third-order valence-corrected chi connectivity index (χ3v) is 3.96. The molecule has 2 heteroatoms. The molecule has 0 N–H and O–H groups in total. The van der Waals surface area contributed by atoms with Crippen molar-refractivity contribution in [2.24, 2.45) is 0 Å². The summed E-state index contributed by atoms with van der Waals surface area (Å²) in [5.41, 5.74) is 2.55. The van der Waals surface area contributed by atoms with Gasteiger partial charge in [-0.3, -0.25) is 0 Å². The molecule has 0 radical (unpaired) electrons. The van der Waals surface area contributed by atoms with Crippen molar-refractivity contribution in [2.75, 3.05) is 0 Å². The number of hydrogen-bond acceptors (Lipinski definition) is 1. The zero-order valence-electron chi connectivity index (χ0n) is 7.44. The number of benzene rings is 2. The first-order chi connectivity index (χ1) is 6.95. The van der Waals surface area contributed by atoms with Gasteiger partial charge < -0.3 is 0 Å². The molecule has 1 aliphatic rings. The second-order valence-electron chi connectivity index (χ2n) is 3.16. The van der Waals surface area contributed by atoms with E-state index in [0.29, 0.717) is 0 Å². The van der Waals surface area contributed by atoms with Gasteiger partial charge in [0.25, 0.3) is 0 Å². The van der Waals surface area contributed by atoms with E-state index in [-0.39, 0.29) is 15.3 Å². The first-order valence-corrected chi connectivity index (χ1v) is 6.04. The van der Waals surface area contributed by atoms with Gasteiger partial charge in [-0.15, -0.1) is 0 Å². The molecule has 14 heavy (non-hydrogen) atoms. The van der Waals surface area contributed by atoms with Crippen molar-refractivity contribution in [3.05, 3.63) is 48.5 Å². The Kier molecular flexibility index (Phi) is 1.83. The third-order valence-electron chi connectivity index (χ3n) is 2.29. The molecule has 0 fully saturated rings. The number of para-hydroxylation sites is 1. The fourth-order valence-corrected chi connectivity index (χ4v) is 3.14. The SMILES string of the molecule is c1ccc2c(c1)O[Se]c1ccccc1-2. The average molecular weight is 247 g/mol. The Morgan fingerprint density at radius 3 is 2.43 bits per heavy atom. The zero-order valence-corrected chi connectivity index (χ0v) is 9.15. The fourth-order valence-electron chi connectivity index (χ4n) is 1.61. The summed E-state index contributed by atoms with van der Waals surface area (Å²) in [5, 5.41) is 0. The molecule has 0 atom stereocenters. The van der Waals surface area contributed by atoms with E-state index in [1.807, 2.05) is 12.1 Å². The van der Waals surface area contributed by atoms with Gasteiger partial charge in [0.15, 0.2) is 0 Å². The first kappa shape index (κ1) is 8.10. The molecule has 0 spiro atoms. The Morgan fingerprint density at radius 1 is 0.786 bits per heavy atom. The topological polar surface area (TPSA) is 9.23 Å². The van der Waals surface area contributed by atoms with Crippen LogP contribution < -0.4 is 8.28 Å². The predicted octanol–water partition coefficient (Wildman–Crippen LogP) is 1.99. The van der Waals surface area contributed by atoms with Crippen LogP contribution in [-0.4, -0.2) is 15.3 Å². The predicted molar refractivity (Wildman–Crippen MR) is 57.9 cm³/mol. The van der Waals surface area contributed by atoms with E-state index in [0.717, 1.165) is 5.75 Å². The summed E-state index contributed by atoms with van der Waals surface area (Å²) in [7, 11) is 0. The molecule has 68 valence electrons. The van der Waals surface area contributed by atoms with Gasteiger partial charge in [0.05, 0.1) is 0 Å². The maximum absolute atomic E-state index is 5.71. The monoisotopic (exact) mass is 248 g/mol. The Balaban J connectivity index is 2.29. The molecular weight excluding hydrogens is 239 g/mol. The molecule has 1 heterocycles. The Bertz CT molecular complexity index is 434. The van der Waals surface area contributed by atoms with Crippen molar-refractivity contribution < 1.29 is 3.82 Å². The van der Waals surface area contributed by atoms with Gasteiger partial charge >= 0.3 is 89.0 Å². The molecular formula is C12H8OSe. The zero-order chi connectivity index (χ0) is 9.38. The molecule has 0 unspecified atom stereocenters. The molecule has 1 aliphatic heterocycles. The van der Waals surface area contributed by atoms with E-state index in [9.17, 15) is 0 Å². The molecule has 1 nitrogen and oxygen atoms in total. The summed E-state index contributed by atoms with van der Waals surface area (Å²) in [6, 6.07) is 16.7. The van der Waals surface area contributed by atoms with Crippen LogP contribution >= 0.6 is 0 Å². The number of fused-ring (bicyclic) bond motifs is 3. The van der Waals surface area contributed by atoms with Crippen LogP contribution in [0.25, 0.3) is 11.1 Å². The van der Waals surface area contributed by atoms with E-state index in [1.54, 1.807) is 0 Å². The Labute approximate surface area is 89.2 Å². The molecule has 2 aromatic carbocycles. The molecule has 0 saturated heterocycles. The van der Waals surface area contributed by atoms with Gasteiger partial charge in [0.1, 0.15) is 0 Å². The van der Waals surface area contributed by atoms with E-state index < -0.39 is 0 Å². The van der Waals surface area contributed by atoms with Crippen LogP contribution in [0.4, 0.5) is 0 Å². The van der Waals surface area contributed by atoms with Crippen LogP contribution in [-0.2, 0) is 0 Å². The van der Waals surface area contributed by atoms with Crippen molar-refractivity contribution in [3.63, 3.8) is 0 Å². The van der Waals surface area contributed by atoms with Crippen LogP contribution in [0.15, 0.2) is 48.5 Å². The van der Waals surface area contributed by atoms with Gasteiger partial charge in [-0.2, -0.15) is 0 Å². The summed E-state index contributed by atoms with van der Waals surface area (Å²) < 4.78 is 7.04. The van der Waals surface area contributed by atoms with Crippen LogP contribution in [0.1, 0.15) is 0 Å². The van der Waals surface area contributed by atoms with E-state index >= 15 is 0 Å². The molecule has 0 amide bonds. The Hall–Kier alpha value is -1.24. The number of rotatable bonds is 0. The van der Waals surface area contributed by atoms with E-state index in [2.05, 4.69) is 36.4 Å². The first-order valence-electron chi connectivity index (χ1n) is 4.48. The number of hydrogen-bond donors (Lipinski definition) is 0. The van der Waals surface area contributed by atoms with E-state index in [4.69, 9.17) is 3.82 Å². The van der Waals surface area contributed by atoms with Crippen LogP contribution in [0.2, 0.25) is 0 Å². The van der Waals surface area contributed by atoms with Crippen LogP contribution in [0, 0.1) is 0 Å². The quantitative estimate of drug-likeness (QED) is 0.647. The van der Waals surface area contributed by atoms with Crippen molar-refractivity contribution in [1.29, 1.82) is 0 Å². The van der Waals surface area contributed by atoms with Crippen molar-refractivity contribution >= 4 is 19.7 Å². The Morgan fingerprint density at radius 2 is 1.50 bits per heavy atom. The molecule has 0 aliphatic carbocycles. The summed E-state index contributed by atoms with van der Waals surface area (Å²) in [5.74, 6) is 1.02. The van der Waals surface area contributed by atoms with Crippen molar-refractivity contribution in [3.8, 4) is 16.9 Å². The van der Waals surface area contributed by atoms with Crippen LogP contribution in [0.3, 0.4) is 0 Å². The normalized spacial score (nSPS) is 12.6. The molecule has 0 saturated carbocycles. The van der Waals surface area contributed by atoms with Crippen LogP contribution in [0.5, 0.6) is 5.75 Å². The van der Waals surface area contributed by atoms with Crippen molar-refractivity contribution in [2.45, 2.75) is 0 Å². The second-order valence-corrected chi connectivity index (χ2v) is 4.78. The summed E-state index contributed by atoms with van der Waals surface area (Å²) >= 11 is 0.130. The fraction of sp³-hybridized carbons (Fsp3) is 0. The standard InChI is InChI=1S/C12H8OSe/c1-3-7-11-9(5-1)10-6-2-4-8-12(10)14-13-11/h1-8H. The molecule has 3 rings (SSSR count).